The minimum atomic E-state index is -0.891. The molecule has 1 aromatic heterocycles. The SMILES string of the molecule is C/C(N)=C(\C#N)C(=O)COC(=O)c1n[nH]c(=O)c2ccccc12. The Labute approximate surface area is 130 Å². The predicted octanol–water partition coefficient (Wildman–Crippen LogP) is 0.405. The molecule has 0 radical (unpaired) electrons. The summed E-state index contributed by atoms with van der Waals surface area (Å²) in [5.41, 5.74) is 4.61. The first-order valence-corrected chi connectivity index (χ1v) is 6.50. The van der Waals surface area contributed by atoms with Gasteiger partial charge >= 0.3 is 5.97 Å². The number of ketones is 1. The third-order valence-electron chi connectivity index (χ3n) is 3.01. The quantitative estimate of drug-likeness (QED) is 0.473. The van der Waals surface area contributed by atoms with Gasteiger partial charge in [0.25, 0.3) is 5.56 Å². The van der Waals surface area contributed by atoms with Crippen LogP contribution in [-0.4, -0.2) is 28.6 Å². The number of benzene rings is 1. The number of esters is 1. The van der Waals surface area contributed by atoms with Crippen LogP contribution in [0.1, 0.15) is 17.4 Å². The number of rotatable bonds is 4. The molecule has 23 heavy (non-hydrogen) atoms. The van der Waals surface area contributed by atoms with E-state index >= 15 is 0 Å². The number of Topliss-reactive ketones (excluding diaryl/α,β-unsaturated/α-hetero) is 1. The molecule has 1 heterocycles. The first-order chi connectivity index (χ1) is 11.0. The number of nitriles is 1. The Morgan fingerprint density at radius 1 is 1.35 bits per heavy atom. The van der Waals surface area contributed by atoms with Gasteiger partial charge in [-0.2, -0.15) is 10.4 Å². The highest BCUT2D eigenvalue weighted by Gasteiger charge is 2.18. The Morgan fingerprint density at radius 2 is 2.00 bits per heavy atom. The van der Waals surface area contributed by atoms with Gasteiger partial charge in [0.2, 0.25) is 5.78 Å². The molecule has 0 aliphatic rings. The first kappa shape index (κ1) is 15.9. The second-order valence-electron chi connectivity index (χ2n) is 4.62. The highest BCUT2D eigenvalue weighted by Crippen LogP contribution is 2.13. The lowest BCUT2D eigenvalue weighted by molar-refractivity contribution is -0.118. The summed E-state index contributed by atoms with van der Waals surface area (Å²) in [6.45, 7) is 0.751. The standard InChI is InChI=1S/C15H12N4O4/c1-8(17)11(6-16)12(20)7-23-15(22)13-9-4-2-3-5-10(9)14(21)19-18-13/h2-5H,7,17H2,1H3,(H,19,21)/b11-8-. The van der Waals surface area contributed by atoms with E-state index in [-0.39, 0.29) is 22.4 Å². The zero-order valence-corrected chi connectivity index (χ0v) is 12.1. The molecule has 0 saturated carbocycles. The molecule has 0 saturated heterocycles. The molecule has 8 heteroatoms. The summed E-state index contributed by atoms with van der Waals surface area (Å²) in [4.78, 5) is 35.5. The maximum absolute atomic E-state index is 12.1. The highest BCUT2D eigenvalue weighted by atomic mass is 16.5. The Kier molecular flexibility index (Phi) is 4.52. The molecule has 2 aromatic rings. The normalized spacial score (nSPS) is 11.5. The molecule has 0 aliphatic heterocycles. The van der Waals surface area contributed by atoms with Crippen molar-refractivity contribution >= 4 is 22.5 Å². The van der Waals surface area contributed by atoms with Crippen molar-refractivity contribution in [3.63, 3.8) is 0 Å². The molecule has 0 spiro atoms. The number of nitrogens with two attached hydrogens (primary N) is 1. The van der Waals surface area contributed by atoms with Crippen molar-refractivity contribution in [1.82, 2.24) is 10.2 Å². The molecule has 1 aromatic carbocycles. The van der Waals surface area contributed by atoms with Gasteiger partial charge in [-0.05, 0) is 13.0 Å². The third kappa shape index (κ3) is 3.24. The van der Waals surface area contributed by atoms with Crippen molar-refractivity contribution in [2.24, 2.45) is 5.73 Å². The average molecular weight is 312 g/mol. The number of H-pyrrole nitrogens is 1. The summed E-state index contributed by atoms with van der Waals surface area (Å²) in [6, 6.07) is 8.01. The molecule has 0 aliphatic carbocycles. The molecule has 0 atom stereocenters. The number of nitrogens with one attached hydrogen (secondary N) is 1. The van der Waals surface area contributed by atoms with E-state index in [1.165, 1.54) is 13.0 Å². The van der Waals surface area contributed by atoms with E-state index in [1.54, 1.807) is 24.3 Å². The summed E-state index contributed by atoms with van der Waals surface area (Å²) >= 11 is 0. The smallest absolute Gasteiger partial charge is 0.359 e. The highest BCUT2D eigenvalue weighted by molar-refractivity contribution is 6.05. The fourth-order valence-electron chi connectivity index (χ4n) is 1.91. The van der Waals surface area contributed by atoms with E-state index in [9.17, 15) is 14.4 Å². The number of carbonyl (C=O) groups excluding carboxylic acids is 2. The van der Waals surface area contributed by atoms with E-state index in [0.29, 0.717) is 5.39 Å². The Balaban J connectivity index is 2.25. The minimum Gasteiger partial charge on any atom is -0.452 e. The van der Waals surface area contributed by atoms with Crippen molar-refractivity contribution in [3.8, 4) is 6.07 Å². The van der Waals surface area contributed by atoms with Crippen LogP contribution in [0.5, 0.6) is 0 Å². The number of aromatic amines is 1. The molecule has 116 valence electrons. The van der Waals surface area contributed by atoms with Crippen LogP contribution in [0, 0.1) is 11.3 Å². The fraction of sp³-hybridized carbons (Fsp3) is 0.133. The van der Waals surface area contributed by atoms with Crippen molar-refractivity contribution < 1.29 is 14.3 Å². The zero-order valence-electron chi connectivity index (χ0n) is 12.1. The lowest BCUT2D eigenvalue weighted by Crippen LogP contribution is -2.20. The Morgan fingerprint density at radius 3 is 2.61 bits per heavy atom. The van der Waals surface area contributed by atoms with Gasteiger partial charge in [0.1, 0.15) is 11.6 Å². The number of allylic oxidation sites excluding steroid dienone is 1. The summed E-state index contributed by atoms with van der Waals surface area (Å²) in [5, 5.41) is 15.2. The summed E-state index contributed by atoms with van der Waals surface area (Å²) in [6.07, 6.45) is 0. The van der Waals surface area contributed by atoms with E-state index < -0.39 is 23.9 Å². The molecule has 8 nitrogen and oxygen atoms in total. The van der Waals surface area contributed by atoms with Crippen molar-refractivity contribution in [3.05, 3.63) is 51.6 Å². The number of ether oxygens (including phenoxy) is 1. The Hall–Kier alpha value is -3.47. The summed E-state index contributed by atoms with van der Waals surface area (Å²) in [7, 11) is 0. The van der Waals surface area contributed by atoms with Gasteiger partial charge in [0.05, 0.1) is 5.39 Å². The zero-order chi connectivity index (χ0) is 17.0. The monoisotopic (exact) mass is 312 g/mol. The van der Waals surface area contributed by atoms with Crippen LogP contribution in [0.25, 0.3) is 10.8 Å². The fourth-order valence-corrected chi connectivity index (χ4v) is 1.91. The second kappa shape index (κ2) is 6.53. The number of hydrogen-bond donors (Lipinski definition) is 2. The maximum atomic E-state index is 12.1. The van der Waals surface area contributed by atoms with E-state index in [4.69, 9.17) is 15.7 Å². The van der Waals surface area contributed by atoms with Crippen LogP contribution in [0.4, 0.5) is 0 Å². The van der Waals surface area contributed by atoms with Crippen molar-refractivity contribution in [2.75, 3.05) is 6.61 Å². The van der Waals surface area contributed by atoms with Gasteiger partial charge in [0.15, 0.2) is 12.3 Å². The van der Waals surface area contributed by atoms with Gasteiger partial charge in [-0.1, -0.05) is 18.2 Å². The van der Waals surface area contributed by atoms with Crippen LogP contribution in [0.15, 0.2) is 40.3 Å². The van der Waals surface area contributed by atoms with E-state index in [2.05, 4.69) is 10.2 Å². The molecule has 3 N–H and O–H groups in total. The van der Waals surface area contributed by atoms with Crippen LogP contribution >= 0.6 is 0 Å². The molecule has 0 unspecified atom stereocenters. The molecule has 0 amide bonds. The van der Waals surface area contributed by atoms with Crippen LogP contribution in [-0.2, 0) is 9.53 Å². The molecule has 2 rings (SSSR count). The van der Waals surface area contributed by atoms with Crippen LogP contribution in [0.2, 0.25) is 0 Å². The summed E-state index contributed by atoms with van der Waals surface area (Å²) in [5.74, 6) is -1.60. The number of hydrogen-bond acceptors (Lipinski definition) is 7. The van der Waals surface area contributed by atoms with E-state index in [0.717, 1.165) is 0 Å². The van der Waals surface area contributed by atoms with Gasteiger partial charge in [-0.15, -0.1) is 0 Å². The summed E-state index contributed by atoms with van der Waals surface area (Å²) < 4.78 is 4.86. The van der Waals surface area contributed by atoms with Crippen molar-refractivity contribution in [2.45, 2.75) is 6.92 Å². The lowest BCUT2D eigenvalue weighted by atomic mass is 10.1. The van der Waals surface area contributed by atoms with Crippen LogP contribution in [0.3, 0.4) is 0 Å². The van der Waals surface area contributed by atoms with Gasteiger partial charge < -0.3 is 10.5 Å². The van der Waals surface area contributed by atoms with Gasteiger partial charge in [0, 0.05) is 11.1 Å². The molecule has 0 fully saturated rings. The largest absolute Gasteiger partial charge is 0.452 e. The minimum absolute atomic E-state index is 0.0427. The van der Waals surface area contributed by atoms with Gasteiger partial charge in [-0.3, -0.25) is 9.59 Å². The maximum Gasteiger partial charge on any atom is 0.359 e. The molecular weight excluding hydrogens is 300 g/mol. The lowest BCUT2D eigenvalue weighted by Gasteiger charge is -2.06. The number of aromatic nitrogens is 2. The third-order valence-corrected chi connectivity index (χ3v) is 3.01. The molecular formula is C15H12N4O4. The predicted molar refractivity (Wildman–Crippen MR) is 80.2 cm³/mol. The second-order valence-corrected chi connectivity index (χ2v) is 4.62. The average Bonchev–Trinajstić information content (AvgIpc) is 2.53. The van der Waals surface area contributed by atoms with Crippen molar-refractivity contribution in [1.29, 1.82) is 5.26 Å². The van der Waals surface area contributed by atoms with Crippen LogP contribution < -0.4 is 11.3 Å². The van der Waals surface area contributed by atoms with E-state index in [1.807, 2.05) is 0 Å². The molecule has 0 bridgehead atoms. The number of carbonyl (C=O) groups is 2. The number of fused-ring (bicyclic) bond motifs is 1. The number of nitrogens with zero attached hydrogens (tertiary/aromatic N) is 2. The first-order valence-electron chi connectivity index (χ1n) is 6.50. The Bertz CT molecular complexity index is 917. The van der Waals surface area contributed by atoms with Gasteiger partial charge in [-0.25, -0.2) is 9.89 Å². The topological polar surface area (TPSA) is 139 Å².